The fourth-order valence-corrected chi connectivity index (χ4v) is 3.75. The van der Waals surface area contributed by atoms with Crippen LogP contribution in [0.5, 0.6) is 0 Å². The number of nitrogens with one attached hydrogen (secondary N) is 1. The lowest BCUT2D eigenvalue weighted by atomic mass is 10.1. The average Bonchev–Trinajstić information content (AvgIpc) is 3.03. The molecule has 0 saturated carbocycles. The first kappa shape index (κ1) is 18.9. The quantitative estimate of drug-likeness (QED) is 0.366. The highest BCUT2D eigenvalue weighted by atomic mass is 32.2. The standard InChI is InChI=1S/C20H20N4O2S/c1-2-6-14-11-19(26)23-20(22-14)27-13-18(25)16-12-24(10-5-9-21)17-8-4-3-7-15(16)17/h3-4,7-8,11-12H,2,5-6,10,13H2,1H3,(H,22,23,26). The molecular formula is C20H20N4O2S. The van der Waals surface area contributed by atoms with E-state index in [1.165, 1.54) is 17.8 Å². The molecule has 7 heteroatoms. The third-order valence-corrected chi connectivity index (χ3v) is 5.05. The van der Waals surface area contributed by atoms with E-state index in [2.05, 4.69) is 16.0 Å². The van der Waals surface area contributed by atoms with Gasteiger partial charge in [0.1, 0.15) is 0 Å². The third-order valence-electron chi connectivity index (χ3n) is 4.17. The molecule has 0 spiro atoms. The Kier molecular flexibility index (Phi) is 6.09. The molecule has 2 heterocycles. The van der Waals surface area contributed by atoms with Gasteiger partial charge in [-0.2, -0.15) is 5.26 Å². The molecule has 0 bridgehead atoms. The first-order chi connectivity index (χ1) is 13.1. The van der Waals surface area contributed by atoms with Crippen LogP contribution in [0.2, 0.25) is 0 Å². The van der Waals surface area contributed by atoms with Crippen LogP contribution in [-0.4, -0.2) is 26.1 Å². The summed E-state index contributed by atoms with van der Waals surface area (Å²) in [6, 6.07) is 11.3. The molecule has 1 aromatic carbocycles. The predicted octanol–water partition coefficient (Wildman–Crippen LogP) is 3.57. The van der Waals surface area contributed by atoms with E-state index in [0.717, 1.165) is 29.4 Å². The largest absolute Gasteiger partial charge is 0.346 e. The molecule has 3 rings (SSSR count). The van der Waals surface area contributed by atoms with E-state index in [1.54, 1.807) is 0 Å². The number of nitrogens with zero attached hydrogens (tertiary/aromatic N) is 3. The zero-order valence-electron chi connectivity index (χ0n) is 15.1. The molecular weight excluding hydrogens is 360 g/mol. The molecule has 0 fully saturated rings. The molecule has 1 N–H and O–H groups in total. The van der Waals surface area contributed by atoms with Gasteiger partial charge >= 0.3 is 0 Å². The first-order valence-corrected chi connectivity index (χ1v) is 9.82. The second-order valence-corrected chi connectivity index (χ2v) is 7.13. The molecule has 27 heavy (non-hydrogen) atoms. The number of Topliss-reactive ketones (excluding diaryl/α,β-unsaturated/α-hetero) is 1. The first-order valence-electron chi connectivity index (χ1n) is 8.83. The Hall–Kier alpha value is -2.85. The lowest BCUT2D eigenvalue weighted by molar-refractivity contribution is 0.102. The summed E-state index contributed by atoms with van der Waals surface area (Å²) in [4.78, 5) is 31.6. The maximum atomic E-state index is 12.8. The molecule has 2 aromatic heterocycles. The fourth-order valence-electron chi connectivity index (χ4n) is 2.97. The van der Waals surface area contributed by atoms with E-state index in [-0.39, 0.29) is 17.1 Å². The number of carbonyl (C=O) groups excluding carboxylic acids is 1. The SMILES string of the molecule is CCCc1cc(=O)[nH]c(SCC(=O)c2cn(CCC#N)c3ccccc23)n1. The lowest BCUT2D eigenvalue weighted by Crippen LogP contribution is -2.11. The molecule has 0 aliphatic rings. The van der Waals surface area contributed by atoms with Gasteiger partial charge < -0.3 is 9.55 Å². The van der Waals surface area contributed by atoms with E-state index in [9.17, 15) is 9.59 Å². The molecule has 0 saturated heterocycles. The van der Waals surface area contributed by atoms with Gasteiger partial charge in [0, 0.05) is 41.0 Å². The number of aryl methyl sites for hydroxylation is 2. The number of nitriles is 1. The Labute approximate surface area is 161 Å². The van der Waals surface area contributed by atoms with Gasteiger partial charge in [-0.25, -0.2) is 4.98 Å². The smallest absolute Gasteiger partial charge is 0.251 e. The lowest BCUT2D eigenvalue weighted by Gasteiger charge is -2.03. The number of fused-ring (bicyclic) bond motifs is 1. The molecule has 0 aliphatic heterocycles. The van der Waals surface area contributed by atoms with E-state index in [1.807, 2.05) is 42.0 Å². The van der Waals surface area contributed by atoms with Gasteiger partial charge in [-0.15, -0.1) is 0 Å². The number of ketones is 1. The van der Waals surface area contributed by atoms with Crippen molar-refractivity contribution in [1.29, 1.82) is 5.26 Å². The Balaban J connectivity index is 1.81. The number of benzene rings is 1. The van der Waals surface area contributed by atoms with Gasteiger partial charge in [-0.3, -0.25) is 9.59 Å². The summed E-state index contributed by atoms with van der Waals surface area (Å²) >= 11 is 1.24. The number of H-pyrrole nitrogens is 1. The number of para-hydroxylation sites is 1. The average molecular weight is 380 g/mol. The topological polar surface area (TPSA) is 91.5 Å². The maximum Gasteiger partial charge on any atom is 0.251 e. The van der Waals surface area contributed by atoms with Crippen LogP contribution in [-0.2, 0) is 13.0 Å². The van der Waals surface area contributed by atoms with Crippen molar-refractivity contribution in [3.63, 3.8) is 0 Å². The number of aromatic amines is 1. The van der Waals surface area contributed by atoms with Crippen LogP contribution < -0.4 is 5.56 Å². The number of hydrogen-bond acceptors (Lipinski definition) is 5. The van der Waals surface area contributed by atoms with Crippen LogP contribution in [0, 0.1) is 11.3 Å². The summed E-state index contributed by atoms with van der Waals surface area (Å²) in [6.07, 6.45) is 3.84. The number of carbonyl (C=O) groups is 1. The van der Waals surface area contributed by atoms with E-state index >= 15 is 0 Å². The number of hydrogen-bond donors (Lipinski definition) is 1. The van der Waals surface area contributed by atoms with Gasteiger partial charge in [0.2, 0.25) is 0 Å². The molecule has 0 unspecified atom stereocenters. The summed E-state index contributed by atoms with van der Waals surface area (Å²) in [7, 11) is 0. The highest BCUT2D eigenvalue weighted by molar-refractivity contribution is 7.99. The van der Waals surface area contributed by atoms with Gasteiger partial charge in [-0.05, 0) is 12.5 Å². The molecule has 3 aromatic rings. The van der Waals surface area contributed by atoms with Crippen molar-refractivity contribution < 1.29 is 4.79 Å². The zero-order chi connectivity index (χ0) is 19.2. The Bertz CT molecular complexity index is 1060. The second kappa shape index (κ2) is 8.69. The summed E-state index contributed by atoms with van der Waals surface area (Å²) in [5.41, 5.74) is 2.11. The van der Waals surface area contributed by atoms with Crippen molar-refractivity contribution >= 4 is 28.4 Å². The van der Waals surface area contributed by atoms with Gasteiger partial charge in [0.05, 0.1) is 18.2 Å². The van der Waals surface area contributed by atoms with E-state index in [4.69, 9.17) is 5.26 Å². The number of aromatic nitrogens is 3. The monoisotopic (exact) mass is 380 g/mol. The van der Waals surface area contributed by atoms with Crippen LogP contribution in [0.25, 0.3) is 10.9 Å². The Morgan fingerprint density at radius 1 is 1.37 bits per heavy atom. The minimum absolute atomic E-state index is 0.0320. The van der Waals surface area contributed by atoms with Gasteiger partial charge in [0.15, 0.2) is 10.9 Å². The zero-order valence-corrected chi connectivity index (χ0v) is 15.9. The van der Waals surface area contributed by atoms with Crippen LogP contribution in [0.4, 0.5) is 0 Å². The van der Waals surface area contributed by atoms with Crippen molar-refractivity contribution in [3.05, 3.63) is 58.1 Å². The third kappa shape index (κ3) is 4.47. The number of thioether (sulfide) groups is 1. The van der Waals surface area contributed by atoms with E-state index < -0.39 is 0 Å². The van der Waals surface area contributed by atoms with Crippen molar-refractivity contribution in [2.45, 2.75) is 37.9 Å². The van der Waals surface area contributed by atoms with E-state index in [0.29, 0.717) is 23.7 Å². The van der Waals surface area contributed by atoms with Crippen LogP contribution in [0.15, 0.2) is 46.5 Å². The summed E-state index contributed by atoms with van der Waals surface area (Å²) in [5.74, 6) is 0.153. The van der Waals surface area contributed by atoms with Crippen molar-refractivity contribution in [1.82, 2.24) is 14.5 Å². The fraction of sp³-hybridized carbons (Fsp3) is 0.300. The minimum atomic E-state index is -0.198. The van der Waals surface area contributed by atoms with Gasteiger partial charge in [-0.1, -0.05) is 43.3 Å². The van der Waals surface area contributed by atoms with Crippen molar-refractivity contribution in [2.75, 3.05) is 5.75 Å². The summed E-state index contributed by atoms with van der Waals surface area (Å²) in [5, 5.41) is 10.2. The Morgan fingerprint density at radius 2 is 2.19 bits per heavy atom. The number of rotatable bonds is 8. The molecule has 6 nitrogen and oxygen atoms in total. The molecule has 138 valence electrons. The molecule has 0 atom stereocenters. The van der Waals surface area contributed by atoms with Gasteiger partial charge in [0.25, 0.3) is 5.56 Å². The maximum absolute atomic E-state index is 12.8. The van der Waals surface area contributed by atoms with Crippen LogP contribution >= 0.6 is 11.8 Å². The summed E-state index contributed by atoms with van der Waals surface area (Å²) < 4.78 is 1.94. The van der Waals surface area contributed by atoms with Crippen LogP contribution in [0.1, 0.15) is 35.8 Å². The molecule has 0 aliphatic carbocycles. The highest BCUT2D eigenvalue weighted by Crippen LogP contribution is 2.24. The molecule has 0 radical (unpaired) electrons. The minimum Gasteiger partial charge on any atom is -0.346 e. The highest BCUT2D eigenvalue weighted by Gasteiger charge is 2.15. The van der Waals surface area contributed by atoms with Crippen LogP contribution in [0.3, 0.4) is 0 Å². The molecule has 0 amide bonds. The Morgan fingerprint density at radius 3 is 2.96 bits per heavy atom. The van der Waals surface area contributed by atoms with Crippen molar-refractivity contribution in [3.8, 4) is 6.07 Å². The predicted molar refractivity (Wildman–Crippen MR) is 106 cm³/mol. The van der Waals surface area contributed by atoms with Crippen molar-refractivity contribution in [2.24, 2.45) is 0 Å². The second-order valence-electron chi connectivity index (χ2n) is 6.17. The summed E-state index contributed by atoms with van der Waals surface area (Å²) in [6.45, 7) is 2.58. The normalized spacial score (nSPS) is 10.8.